The number of unbranched alkanes of at least 4 members (excludes halogenated alkanes) is 1. The lowest BCUT2D eigenvalue weighted by atomic mass is 9.98. The molecule has 4 amide bonds. The van der Waals surface area contributed by atoms with Gasteiger partial charge in [-0.2, -0.15) is 0 Å². The highest BCUT2D eigenvalue weighted by molar-refractivity contribution is 5.91. The summed E-state index contributed by atoms with van der Waals surface area (Å²) in [6.45, 7) is 12.5. The minimum atomic E-state index is -1.01. The van der Waals surface area contributed by atoms with E-state index in [0.29, 0.717) is 75.9 Å². The van der Waals surface area contributed by atoms with Crippen LogP contribution in [0.25, 0.3) is 0 Å². The number of aryl methyl sites for hydroxylation is 2. The molecule has 302 valence electrons. The molecular formula is C42H62N6O7. The van der Waals surface area contributed by atoms with E-state index >= 15 is 0 Å². The highest BCUT2D eigenvalue weighted by atomic mass is 16.6. The number of ether oxygens (including phenoxy) is 2. The van der Waals surface area contributed by atoms with Gasteiger partial charge in [-0.25, -0.2) is 9.59 Å². The van der Waals surface area contributed by atoms with E-state index in [-0.39, 0.29) is 43.5 Å². The fourth-order valence-corrected chi connectivity index (χ4v) is 8.35. The summed E-state index contributed by atoms with van der Waals surface area (Å²) < 4.78 is 11.4. The Hall–Kier alpha value is -4.36. The third-order valence-electron chi connectivity index (χ3n) is 11.6. The first-order chi connectivity index (χ1) is 26.1. The summed E-state index contributed by atoms with van der Waals surface area (Å²) in [6, 6.07) is 11.8. The number of hydrogen-bond donors (Lipinski definition) is 2. The molecule has 0 aliphatic carbocycles. The highest BCUT2D eigenvalue weighted by Crippen LogP contribution is 2.28. The van der Waals surface area contributed by atoms with E-state index in [2.05, 4.69) is 22.0 Å². The largest absolute Gasteiger partial charge is 0.507 e. The van der Waals surface area contributed by atoms with Crippen LogP contribution in [0.15, 0.2) is 36.4 Å². The molecule has 55 heavy (non-hydrogen) atoms. The Morgan fingerprint density at radius 3 is 2.18 bits per heavy atom. The number of carbonyl (C=O) groups excluding carboxylic acids is 4. The molecule has 0 unspecified atom stereocenters. The number of nitrogens with zero attached hydrogens (tertiary/aromatic N) is 5. The van der Waals surface area contributed by atoms with E-state index in [0.717, 1.165) is 75.1 Å². The van der Waals surface area contributed by atoms with Crippen LogP contribution in [0.5, 0.6) is 5.75 Å². The zero-order valence-electron chi connectivity index (χ0n) is 32.3. The summed E-state index contributed by atoms with van der Waals surface area (Å²) in [5.41, 5.74) is 4.20. The second-order valence-corrected chi connectivity index (χ2v) is 15.3. The molecule has 0 saturated carbocycles. The molecule has 3 saturated heterocycles. The minimum Gasteiger partial charge on any atom is -0.507 e. The van der Waals surface area contributed by atoms with Crippen LogP contribution in [-0.2, 0) is 31.9 Å². The SMILES string of the molecule is C.CCCCOC(=O)CN1CCN(C2CCN(C(=O)[C@@H](Cc3cc(C)c(O)c(C)c3)OC(=O)N3CCC(N4CCc5ccccc5NC4=O)CC3)CC2)CC1. The van der Waals surface area contributed by atoms with E-state index in [9.17, 15) is 24.3 Å². The Balaban J connectivity index is 0.00000580. The first kappa shape index (κ1) is 41.8. The number of likely N-dealkylation sites (tertiary alicyclic amines) is 2. The number of fused-ring (bicyclic) bond motifs is 1. The smallest absolute Gasteiger partial charge is 0.410 e. The van der Waals surface area contributed by atoms with Crippen molar-refractivity contribution in [3.63, 3.8) is 0 Å². The second-order valence-electron chi connectivity index (χ2n) is 15.3. The van der Waals surface area contributed by atoms with Gasteiger partial charge in [-0.3, -0.25) is 19.4 Å². The van der Waals surface area contributed by atoms with E-state index in [4.69, 9.17) is 9.47 Å². The predicted molar refractivity (Wildman–Crippen MR) is 212 cm³/mol. The molecule has 2 aromatic carbocycles. The number of piperidine rings is 2. The van der Waals surface area contributed by atoms with Crippen LogP contribution in [0.2, 0.25) is 0 Å². The van der Waals surface area contributed by atoms with Crippen molar-refractivity contribution in [2.24, 2.45) is 0 Å². The maximum Gasteiger partial charge on any atom is 0.410 e. The number of benzene rings is 2. The molecule has 6 rings (SSSR count). The van der Waals surface area contributed by atoms with Crippen LogP contribution >= 0.6 is 0 Å². The number of nitrogens with one attached hydrogen (secondary N) is 1. The van der Waals surface area contributed by atoms with Gasteiger partial charge < -0.3 is 34.6 Å². The van der Waals surface area contributed by atoms with Gasteiger partial charge in [-0.1, -0.05) is 51.1 Å². The number of phenols is 1. The van der Waals surface area contributed by atoms with Gasteiger partial charge in [0.15, 0.2) is 6.10 Å². The van der Waals surface area contributed by atoms with Gasteiger partial charge in [-0.15, -0.1) is 0 Å². The topological polar surface area (TPSA) is 135 Å². The van der Waals surface area contributed by atoms with Crippen molar-refractivity contribution in [1.29, 1.82) is 0 Å². The molecule has 2 aromatic rings. The maximum atomic E-state index is 14.2. The van der Waals surface area contributed by atoms with E-state index in [1.807, 2.05) is 60.0 Å². The lowest BCUT2D eigenvalue weighted by Crippen LogP contribution is -2.55. The summed E-state index contributed by atoms with van der Waals surface area (Å²) in [4.78, 5) is 63.2. The van der Waals surface area contributed by atoms with Crippen LogP contribution in [0.4, 0.5) is 15.3 Å². The van der Waals surface area contributed by atoms with E-state index < -0.39 is 12.2 Å². The van der Waals surface area contributed by atoms with Crippen LogP contribution in [-0.4, -0.2) is 144 Å². The molecule has 0 bridgehead atoms. The molecule has 13 heteroatoms. The van der Waals surface area contributed by atoms with Crippen LogP contribution in [0, 0.1) is 13.8 Å². The van der Waals surface area contributed by atoms with Gasteiger partial charge in [0, 0.05) is 83.1 Å². The first-order valence-electron chi connectivity index (χ1n) is 19.9. The average molecular weight is 763 g/mol. The number of piperazine rings is 1. The Morgan fingerprint density at radius 1 is 0.873 bits per heavy atom. The van der Waals surface area contributed by atoms with Crippen molar-refractivity contribution in [2.45, 2.75) is 97.8 Å². The first-order valence-corrected chi connectivity index (χ1v) is 19.9. The van der Waals surface area contributed by atoms with Crippen molar-refractivity contribution in [1.82, 2.24) is 24.5 Å². The van der Waals surface area contributed by atoms with Crippen molar-refractivity contribution >= 4 is 29.7 Å². The molecule has 13 nitrogen and oxygen atoms in total. The summed E-state index contributed by atoms with van der Waals surface area (Å²) in [5.74, 6) is -0.139. The lowest BCUT2D eigenvalue weighted by molar-refractivity contribution is -0.145. The molecular weight excluding hydrogens is 700 g/mol. The fraction of sp³-hybridized carbons (Fsp3) is 0.619. The molecule has 4 aliphatic heterocycles. The lowest BCUT2D eigenvalue weighted by Gasteiger charge is -2.43. The third kappa shape index (κ3) is 10.7. The summed E-state index contributed by atoms with van der Waals surface area (Å²) in [7, 11) is 0. The number of phenolic OH excluding ortho intramolecular Hbond substituents is 1. The summed E-state index contributed by atoms with van der Waals surface area (Å²) >= 11 is 0. The molecule has 3 fully saturated rings. The number of urea groups is 1. The number of anilines is 1. The molecule has 4 aliphatic rings. The van der Waals surface area contributed by atoms with Gasteiger partial charge in [0.25, 0.3) is 5.91 Å². The third-order valence-corrected chi connectivity index (χ3v) is 11.6. The normalized spacial score (nSPS) is 19.5. The van der Waals surface area contributed by atoms with E-state index in [1.165, 1.54) is 0 Å². The molecule has 1 atom stereocenters. The Bertz CT molecular complexity index is 1610. The van der Waals surface area contributed by atoms with Crippen molar-refractivity contribution in [3.05, 3.63) is 58.7 Å². The summed E-state index contributed by atoms with van der Waals surface area (Å²) in [6.07, 6.45) is 4.23. The standard InChI is InChI=1S/C41H58N6O7.CH4/c1-4-5-24-53-37(48)28-43-20-22-44(23-21-43)33-11-15-45(16-12-33)39(50)36(27-31-25-29(2)38(49)30(3)26-31)54-41(52)46-17-13-34(14-18-46)47-19-10-32-8-6-7-9-35(32)42-40(47)51;/h6-9,25-26,33-34,36,49H,4-5,10-24,27-28H2,1-3H3,(H,42,51);1H4/t36-;/m1./s1. The van der Waals surface area contributed by atoms with Crippen molar-refractivity contribution in [2.75, 3.05) is 77.4 Å². The fourth-order valence-electron chi connectivity index (χ4n) is 8.35. The monoisotopic (exact) mass is 762 g/mol. The number of amides is 4. The number of rotatable bonds is 11. The van der Waals surface area contributed by atoms with Gasteiger partial charge >= 0.3 is 18.1 Å². The molecule has 0 radical (unpaired) electrons. The minimum absolute atomic E-state index is 0. The van der Waals surface area contributed by atoms with Gasteiger partial charge in [-0.05, 0) is 80.7 Å². The van der Waals surface area contributed by atoms with Gasteiger partial charge in [0.2, 0.25) is 0 Å². The van der Waals surface area contributed by atoms with Gasteiger partial charge in [0.05, 0.1) is 13.2 Å². The summed E-state index contributed by atoms with van der Waals surface area (Å²) in [5, 5.41) is 13.4. The van der Waals surface area contributed by atoms with Crippen molar-refractivity contribution < 1.29 is 33.8 Å². The second kappa shape index (κ2) is 19.5. The Morgan fingerprint density at radius 2 is 1.51 bits per heavy atom. The molecule has 4 heterocycles. The number of esters is 1. The van der Waals surface area contributed by atoms with Gasteiger partial charge in [0.1, 0.15) is 5.75 Å². The number of para-hydroxylation sites is 1. The Labute approximate surface area is 326 Å². The molecule has 2 N–H and O–H groups in total. The Kier molecular flexibility index (Phi) is 14.8. The van der Waals surface area contributed by atoms with Crippen LogP contribution < -0.4 is 5.32 Å². The number of hydrogen-bond acceptors (Lipinski definition) is 9. The number of carbonyl (C=O) groups is 4. The maximum absolute atomic E-state index is 14.2. The van der Waals surface area contributed by atoms with Crippen molar-refractivity contribution in [3.8, 4) is 5.75 Å². The highest BCUT2D eigenvalue weighted by Gasteiger charge is 2.37. The molecule has 0 aromatic heterocycles. The quantitative estimate of drug-likeness (QED) is 0.234. The number of aromatic hydroxyl groups is 1. The molecule has 0 spiro atoms. The van der Waals surface area contributed by atoms with Crippen LogP contribution in [0.1, 0.15) is 75.1 Å². The average Bonchev–Trinajstić information content (AvgIpc) is 3.35. The van der Waals surface area contributed by atoms with Crippen LogP contribution in [0.3, 0.4) is 0 Å². The zero-order chi connectivity index (χ0) is 38.2. The predicted octanol–water partition coefficient (Wildman–Crippen LogP) is 5.20. The van der Waals surface area contributed by atoms with E-state index in [1.54, 1.807) is 4.90 Å². The zero-order valence-corrected chi connectivity index (χ0v) is 32.3.